The van der Waals surface area contributed by atoms with Gasteiger partial charge in [-0.1, -0.05) is 23.2 Å². The number of hydrogen-bond acceptors (Lipinski definition) is 4. The number of halogens is 5. The lowest BCUT2D eigenvalue weighted by Crippen LogP contribution is -2.26. The van der Waals surface area contributed by atoms with Gasteiger partial charge in [-0.25, -0.2) is 9.31 Å². The van der Waals surface area contributed by atoms with Crippen LogP contribution in [0.2, 0.25) is 10.0 Å². The molecular formula is C16H9Cl2F3N4O3. The molecular weight excluding hydrogens is 424 g/mol. The zero-order chi connectivity index (χ0) is 20.8. The van der Waals surface area contributed by atoms with Gasteiger partial charge in [0.1, 0.15) is 5.82 Å². The highest BCUT2D eigenvalue weighted by Gasteiger charge is 2.35. The number of pyridine rings is 2. The van der Waals surface area contributed by atoms with E-state index in [9.17, 15) is 22.8 Å². The van der Waals surface area contributed by atoms with Crippen LogP contribution in [0.4, 0.5) is 23.8 Å². The van der Waals surface area contributed by atoms with Gasteiger partial charge in [0, 0.05) is 25.0 Å². The van der Waals surface area contributed by atoms with Gasteiger partial charge in [-0.05, 0) is 18.2 Å². The van der Waals surface area contributed by atoms with Crippen molar-refractivity contribution in [2.45, 2.75) is 6.18 Å². The number of aromatic nitrogens is 3. The third-order valence-electron chi connectivity index (χ3n) is 3.85. The number of alkyl halides is 3. The van der Waals surface area contributed by atoms with E-state index in [4.69, 9.17) is 28.3 Å². The number of amides is 1. The number of ketones is 1. The van der Waals surface area contributed by atoms with Crippen LogP contribution in [0, 0.1) is 0 Å². The minimum atomic E-state index is -4.81. The van der Waals surface area contributed by atoms with Crippen molar-refractivity contribution in [1.82, 2.24) is 14.6 Å². The maximum Gasteiger partial charge on any atom is 0.435 e. The molecule has 3 rings (SSSR count). The van der Waals surface area contributed by atoms with Gasteiger partial charge in [0.25, 0.3) is 0 Å². The maximum atomic E-state index is 13.2. The second-order valence-electron chi connectivity index (χ2n) is 5.58. The maximum absolute atomic E-state index is 13.2. The molecule has 3 aromatic rings. The lowest BCUT2D eigenvalue weighted by Gasteiger charge is -2.16. The Bertz CT molecular complexity index is 1090. The number of carbonyl (C=O) groups excluding carboxylic acids is 1. The largest absolute Gasteiger partial charge is 0.465 e. The Morgan fingerprint density at radius 2 is 1.79 bits per heavy atom. The van der Waals surface area contributed by atoms with Gasteiger partial charge in [0.05, 0.1) is 21.1 Å². The van der Waals surface area contributed by atoms with Crippen molar-refractivity contribution in [2.75, 3.05) is 11.9 Å². The summed E-state index contributed by atoms with van der Waals surface area (Å²) in [5.74, 6) is -0.956. The van der Waals surface area contributed by atoms with Crippen LogP contribution in [0.1, 0.15) is 21.6 Å². The Morgan fingerprint density at radius 3 is 2.32 bits per heavy atom. The van der Waals surface area contributed by atoms with Gasteiger partial charge in [-0.15, -0.1) is 0 Å². The van der Waals surface area contributed by atoms with Gasteiger partial charge in [0.15, 0.2) is 11.5 Å². The van der Waals surface area contributed by atoms with Gasteiger partial charge < -0.3 is 5.11 Å². The van der Waals surface area contributed by atoms with Crippen molar-refractivity contribution in [3.8, 4) is 0 Å². The Labute approximate surface area is 164 Å². The van der Waals surface area contributed by atoms with E-state index in [1.807, 2.05) is 0 Å². The molecule has 0 fully saturated rings. The molecule has 0 aliphatic rings. The van der Waals surface area contributed by atoms with Crippen molar-refractivity contribution in [3.05, 3.63) is 57.5 Å². The predicted octanol–water partition coefficient (Wildman–Crippen LogP) is 4.40. The van der Waals surface area contributed by atoms with Crippen molar-refractivity contribution >= 4 is 46.4 Å². The summed E-state index contributed by atoms with van der Waals surface area (Å²) in [6.07, 6.45) is -3.90. The Balaban J connectivity index is 2.30. The third kappa shape index (κ3) is 3.36. The number of anilines is 1. The molecule has 3 aromatic heterocycles. The van der Waals surface area contributed by atoms with Gasteiger partial charge >= 0.3 is 12.3 Å². The second kappa shape index (κ2) is 6.95. The van der Waals surface area contributed by atoms with Crippen LogP contribution < -0.4 is 4.90 Å². The molecule has 0 aliphatic heterocycles. The lowest BCUT2D eigenvalue weighted by molar-refractivity contribution is -0.141. The Kier molecular flexibility index (Phi) is 4.94. The first-order valence-electron chi connectivity index (χ1n) is 7.42. The fourth-order valence-corrected chi connectivity index (χ4v) is 3.04. The fraction of sp³-hybridized carbons (Fsp3) is 0.125. The molecule has 28 heavy (non-hydrogen) atoms. The summed E-state index contributed by atoms with van der Waals surface area (Å²) in [7, 11) is 1.13. The van der Waals surface area contributed by atoms with Crippen LogP contribution in [0.3, 0.4) is 0 Å². The minimum absolute atomic E-state index is 0.0852. The van der Waals surface area contributed by atoms with Crippen molar-refractivity contribution in [1.29, 1.82) is 0 Å². The monoisotopic (exact) mass is 432 g/mol. The summed E-state index contributed by atoms with van der Waals surface area (Å²) < 4.78 is 40.2. The molecule has 0 radical (unpaired) electrons. The third-order valence-corrected chi connectivity index (χ3v) is 4.42. The van der Waals surface area contributed by atoms with E-state index in [0.717, 1.165) is 17.6 Å². The number of rotatable bonds is 3. The Hall–Kier alpha value is -2.85. The normalized spacial score (nSPS) is 11.6. The van der Waals surface area contributed by atoms with Crippen molar-refractivity contribution < 1.29 is 27.9 Å². The molecule has 0 saturated heterocycles. The van der Waals surface area contributed by atoms with E-state index < -0.39 is 23.7 Å². The topological polar surface area (TPSA) is 87.8 Å². The molecule has 0 aromatic carbocycles. The fourth-order valence-electron chi connectivity index (χ4n) is 2.51. The van der Waals surface area contributed by atoms with Crippen LogP contribution >= 0.6 is 23.2 Å². The van der Waals surface area contributed by atoms with Crippen LogP contribution in [0.25, 0.3) is 5.52 Å². The number of fused-ring (bicyclic) bond motifs is 1. The first-order valence-corrected chi connectivity index (χ1v) is 8.18. The lowest BCUT2D eigenvalue weighted by atomic mass is 10.0. The molecule has 0 atom stereocenters. The Morgan fingerprint density at radius 1 is 1.18 bits per heavy atom. The molecule has 146 valence electrons. The first-order chi connectivity index (χ1) is 13.0. The standard InChI is InChI=1S/C16H9Cl2F3N4O3/c1-24(15(27)28)12-3-2-7(10-4-11(16(19,20)21)23-25(10)12)14(26)13-8(17)5-22-6-9(13)18/h2-6H,1H3,(H,27,28). The predicted molar refractivity (Wildman–Crippen MR) is 94.3 cm³/mol. The molecule has 0 bridgehead atoms. The highest BCUT2D eigenvalue weighted by Crippen LogP contribution is 2.33. The summed E-state index contributed by atoms with van der Waals surface area (Å²) >= 11 is 11.9. The SMILES string of the molecule is CN(C(=O)O)c1ccc(C(=O)c2c(Cl)cncc2Cl)c2cc(C(F)(F)F)nn12. The molecule has 12 heteroatoms. The van der Waals surface area contributed by atoms with Crippen LogP contribution in [-0.4, -0.2) is 38.6 Å². The minimum Gasteiger partial charge on any atom is -0.465 e. The summed E-state index contributed by atoms with van der Waals surface area (Å²) in [6.45, 7) is 0. The number of carbonyl (C=O) groups is 2. The van der Waals surface area contributed by atoms with Crippen molar-refractivity contribution in [3.63, 3.8) is 0 Å². The van der Waals surface area contributed by atoms with E-state index in [1.54, 1.807) is 0 Å². The molecule has 0 aliphatic carbocycles. The van der Waals surface area contributed by atoms with Crippen LogP contribution in [0.15, 0.2) is 30.6 Å². The van der Waals surface area contributed by atoms with E-state index >= 15 is 0 Å². The highest BCUT2D eigenvalue weighted by atomic mass is 35.5. The zero-order valence-electron chi connectivity index (χ0n) is 13.8. The zero-order valence-corrected chi connectivity index (χ0v) is 15.3. The summed E-state index contributed by atoms with van der Waals surface area (Å²) in [5, 5.41) is 12.4. The van der Waals surface area contributed by atoms with Gasteiger partial charge in [-0.3, -0.25) is 14.7 Å². The molecule has 0 spiro atoms. The smallest absolute Gasteiger partial charge is 0.435 e. The second-order valence-corrected chi connectivity index (χ2v) is 6.39. The number of carboxylic acid groups (broad SMARTS) is 1. The summed E-state index contributed by atoms with van der Waals surface area (Å²) in [6, 6.07) is 2.99. The van der Waals surface area contributed by atoms with E-state index in [0.29, 0.717) is 11.0 Å². The molecule has 1 N–H and O–H groups in total. The van der Waals surface area contributed by atoms with E-state index in [2.05, 4.69) is 10.1 Å². The average molecular weight is 433 g/mol. The molecule has 1 amide bonds. The highest BCUT2D eigenvalue weighted by molar-refractivity contribution is 6.41. The quantitative estimate of drug-likeness (QED) is 0.619. The number of nitrogens with zero attached hydrogens (tertiary/aromatic N) is 4. The average Bonchev–Trinajstić information content (AvgIpc) is 3.05. The summed E-state index contributed by atoms with van der Waals surface area (Å²) in [5.41, 5.74) is -1.89. The van der Waals surface area contributed by atoms with Crippen LogP contribution in [0.5, 0.6) is 0 Å². The van der Waals surface area contributed by atoms with Gasteiger partial charge in [-0.2, -0.15) is 18.3 Å². The van der Waals surface area contributed by atoms with E-state index in [-0.39, 0.29) is 32.5 Å². The molecule has 3 heterocycles. The van der Waals surface area contributed by atoms with Crippen LogP contribution in [-0.2, 0) is 6.18 Å². The first kappa shape index (κ1) is 19.9. The van der Waals surface area contributed by atoms with E-state index in [1.165, 1.54) is 18.5 Å². The molecule has 7 nitrogen and oxygen atoms in total. The summed E-state index contributed by atoms with van der Waals surface area (Å²) in [4.78, 5) is 28.5. The molecule has 0 unspecified atom stereocenters. The number of hydrogen-bond donors (Lipinski definition) is 1. The van der Waals surface area contributed by atoms with Gasteiger partial charge in [0.2, 0.25) is 0 Å². The molecule has 0 saturated carbocycles. The van der Waals surface area contributed by atoms with Crippen molar-refractivity contribution in [2.24, 2.45) is 0 Å².